The van der Waals surface area contributed by atoms with E-state index in [0.29, 0.717) is 0 Å². The Kier molecular flexibility index (Phi) is 4.42. The second kappa shape index (κ2) is 6.26. The summed E-state index contributed by atoms with van der Waals surface area (Å²) < 4.78 is 0. The molecular formula is C15H19N3. The topological polar surface area (TPSA) is 37.8 Å². The van der Waals surface area contributed by atoms with E-state index in [4.69, 9.17) is 0 Å². The first-order chi connectivity index (χ1) is 8.85. The molecule has 18 heavy (non-hydrogen) atoms. The number of nitrogens with one attached hydrogen (secondary N) is 1. The minimum Gasteiger partial charge on any atom is -0.309 e. The Labute approximate surface area is 108 Å². The molecule has 0 radical (unpaired) electrons. The van der Waals surface area contributed by atoms with Crippen molar-refractivity contribution in [2.75, 3.05) is 7.05 Å². The van der Waals surface area contributed by atoms with Crippen LogP contribution in [0.2, 0.25) is 0 Å². The molecular weight excluding hydrogens is 222 g/mol. The van der Waals surface area contributed by atoms with Gasteiger partial charge in [0.1, 0.15) is 0 Å². The van der Waals surface area contributed by atoms with Gasteiger partial charge in [-0.15, -0.1) is 0 Å². The molecule has 0 spiro atoms. The van der Waals surface area contributed by atoms with E-state index in [2.05, 4.69) is 46.7 Å². The van der Waals surface area contributed by atoms with Crippen LogP contribution < -0.4 is 5.32 Å². The predicted octanol–water partition coefficient (Wildman–Crippen LogP) is 2.74. The Morgan fingerprint density at radius 2 is 2.06 bits per heavy atom. The maximum absolute atomic E-state index is 3.95. The van der Waals surface area contributed by atoms with E-state index in [-0.39, 0.29) is 6.04 Å². The number of hydrogen-bond acceptors (Lipinski definition) is 3. The van der Waals surface area contributed by atoms with Crippen LogP contribution in [0, 0.1) is 0 Å². The van der Waals surface area contributed by atoms with Crippen LogP contribution in [0.3, 0.4) is 0 Å². The monoisotopic (exact) mass is 241 g/mol. The van der Waals surface area contributed by atoms with Crippen LogP contribution in [0.25, 0.3) is 0 Å². The van der Waals surface area contributed by atoms with Gasteiger partial charge in [0, 0.05) is 6.20 Å². The third-order valence-corrected chi connectivity index (χ3v) is 3.05. The molecule has 1 atom stereocenters. The van der Waals surface area contributed by atoms with Crippen LogP contribution in [0.15, 0.2) is 42.7 Å². The van der Waals surface area contributed by atoms with Crippen LogP contribution in [0.4, 0.5) is 0 Å². The summed E-state index contributed by atoms with van der Waals surface area (Å²) in [4.78, 5) is 0. The van der Waals surface area contributed by atoms with Crippen molar-refractivity contribution in [2.45, 2.75) is 25.8 Å². The molecule has 3 nitrogen and oxygen atoms in total. The summed E-state index contributed by atoms with van der Waals surface area (Å²) in [5.41, 5.74) is 3.80. The molecule has 1 heterocycles. The van der Waals surface area contributed by atoms with Crippen LogP contribution >= 0.6 is 0 Å². The molecule has 2 rings (SSSR count). The lowest BCUT2D eigenvalue weighted by Crippen LogP contribution is -2.18. The Morgan fingerprint density at radius 1 is 1.17 bits per heavy atom. The number of benzene rings is 1. The molecule has 0 aliphatic carbocycles. The summed E-state index contributed by atoms with van der Waals surface area (Å²) in [5.74, 6) is 0. The van der Waals surface area contributed by atoms with Gasteiger partial charge >= 0.3 is 0 Å². The second-order valence-electron chi connectivity index (χ2n) is 4.39. The lowest BCUT2D eigenvalue weighted by Gasteiger charge is -2.17. The van der Waals surface area contributed by atoms with Crippen molar-refractivity contribution < 1.29 is 0 Å². The van der Waals surface area contributed by atoms with E-state index in [1.165, 1.54) is 17.5 Å². The number of aromatic nitrogens is 2. The van der Waals surface area contributed by atoms with E-state index in [1.54, 1.807) is 6.20 Å². The molecule has 1 N–H and O–H groups in total. The summed E-state index contributed by atoms with van der Waals surface area (Å²) in [7, 11) is 1.97. The van der Waals surface area contributed by atoms with Crippen molar-refractivity contribution >= 4 is 0 Å². The summed E-state index contributed by atoms with van der Waals surface area (Å²) >= 11 is 0. The molecule has 2 aromatic rings. The average Bonchev–Trinajstić information content (AvgIpc) is 2.42. The fourth-order valence-electron chi connectivity index (χ4n) is 2.21. The Bertz CT molecular complexity index is 482. The van der Waals surface area contributed by atoms with Crippen LogP contribution in [-0.4, -0.2) is 17.2 Å². The normalized spacial score (nSPS) is 12.3. The minimum atomic E-state index is 0.178. The highest BCUT2D eigenvalue weighted by Gasteiger charge is 2.12. The van der Waals surface area contributed by atoms with Crippen molar-refractivity contribution in [1.82, 2.24) is 15.5 Å². The molecule has 1 aromatic carbocycles. The maximum atomic E-state index is 3.95. The van der Waals surface area contributed by atoms with Gasteiger partial charge in [-0.2, -0.15) is 10.2 Å². The molecule has 94 valence electrons. The molecule has 0 fully saturated rings. The summed E-state index contributed by atoms with van der Waals surface area (Å²) in [6.45, 7) is 2.20. The quantitative estimate of drug-likeness (QED) is 0.874. The van der Waals surface area contributed by atoms with Crippen molar-refractivity contribution in [3.05, 3.63) is 59.4 Å². The first kappa shape index (κ1) is 12.7. The fourth-order valence-corrected chi connectivity index (χ4v) is 2.21. The zero-order valence-electron chi connectivity index (χ0n) is 10.9. The first-order valence-corrected chi connectivity index (χ1v) is 6.38. The lowest BCUT2D eigenvalue weighted by molar-refractivity contribution is 0.683. The number of rotatable bonds is 5. The van der Waals surface area contributed by atoms with Crippen molar-refractivity contribution in [2.24, 2.45) is 0 Å². The van der Waals surface area contributed by atoms with Crippen molar-refractivity contribution in [1.29, 1.82) is 0 Å². The third kappa shape index (κ3) is 2.93. The summed E-state index contributed by atoms with van der Waals surface area (Å²) in [6.07, 6.45) is 5.84. The van der Waals surface area contributed by atoms with E-state index in [0.717, 1.165) is 12.0 Å². The van der Waals surface area contributed by atoms with Crippen molar-refractivity contribution in [3.8, 4) is 0 Å². The van der Waals surface area contributed by atoms with Gasteiger partial charge in [0.05, 0.1) is 12.2 Å². The van der Waals surface area contributed by atoms with E-state index in [1.807, 2.05) is 19.3 Å². The molecule has 0 aliphatic heterocycles. The SMILES string of the molecule is CCCc1cccc(C(NC)c2ccnnc2)c1. The fraction of sp³-hybridized carbons (Fsp3) is 0.333. The molecule has 0 saturated heterocycles. The van der Waals surface area contributed by atoms with Crippen LogP contribution in [-0.2, 0) is 6.42 Å². The van der Waals surface area contributed by atoms with Gasteiger partial charge in [-0.25, -0.2) is 0 Å². The molecule has 1 unspecified atom stereocenters. The largest absolute Gasteiger partial charge is 0.309 e. The predicted molar refractivity (Wildman–Crippen MR) is 73.4 cm³/mol. The van der Waals surface area contributed by atoms with Gasteiger partial charge in [0.15, 0.2) is 0 Å². The van der Waals surface area contributed by atoms with Crippen LogP contribution in [0.1, 0.15) is 36.1 Å². The highest BCUT2D eigenvalue weighted by molar-refractivity contribution is 5.32. The van der Waals surface area contributed by atoms with Gasteiger partial charge in [-0.05, 0) is 36.2 Å². The first-order valence-electron chi connectivity index (χ1n) is 6.38. The molecule has 1 aromatic heterocycles. The number of aryl methyl sites for hydroxylation is 1. The zero-order chi connectivity index (χ0) is 12.8. The molecule has 3 heteroatoms. The van der Waals surface area contributed by atoms with E-state index in [9.17, 15) is 0 Å². The molecule has 0 bridgehead atoms. The van der Waals surface area contributed by atoms with E-state index >= 15 is 0 Å². The van der Waals surface area contributed by atoms with Gasteiger partial charge in [-0.3, -0.25) is 0 Å². The van der Waals surface area contributed by atoms with Gasteiger partial charge in [0.25, 0.3) is 0 Å². The molecule has 0 saturated carbocycles. The highest BCUT2D eigenvalue weighted by atomic mass is 15.1. The Balaban J connectivity index is 2.30. The van der Waals surface area contributed by atoms with Gasteiger partial charge in [0.2, 0.25) is 0 Å². The smallest absolute Gasteiger partial charge is 0.0590 e. The second-order valence-corrected chi connectivity index (χ2v) is 4.39. The summed E-state index contributed by atoms with van der Waals surface area (Å²) in [6, 6.07) is 10.9. The molecule has 0 amide bonds. The van der Waals surface area contributed by atoms with Gasteiger partial charge in [-0.1, -0.05) is 37.6 Å². The third-order valence-electron chi connectivity index (χ3n) is 3.05. The highest BCUT2D eigenvalue weighted by Crippen LogP contribution is 2.21. The van der Waals surface area contributed by atoms with Crippen LogP contribution in [0.5, 0.6) is 0 Å². The standard InChI is InChI=1S/C15H19N3/c1-3-5-12-6-4-7-13(10-12)15(16-2)14-8-9-17-18-11-14/h4,6-11,15-16H,3,5H2,1-2H3. The maximum Gasteiger partial charge on any atom is 0.0590 e. The van der Waals surface area contributed by atoms with Crippen molar-refractivity contribution in [3.63, 3.8) is 0 Å². The number of hydrogen-bond donors (Lipinski definition) is 1. The van der Waals surface area contributed by atoms with E-state index < -0.39 is 0 Å². The minimum absolute atomic E-state index is 0.178. The Hall–Kier alpha value is -1.74. The lowest BCUT2D eigenvalue weighted by atomic mass is 9.97. The average molecular weight is 241 g/mol. The zero-order valence-corrected chi connectivity index (χ0v) is 10.9. The van der Waals surface area contributed by atoms with Gasteiger partial charge < -0.3 is 5.32 Å². The number of nitrogens with zero attached hydrogens (tertiary/aromatic N) is 2. The summed E-state index contributed by atoms with van der Waals surface area (Å²) in [5, 5.41) is 11.1. The molecule has 0 aliphatic rings. The Morgan fingerprint density at radius 3 is 2.72 bits per heavy atom.